The van der Waals surface area contributed by atoms with Crippen LogP contribution in [0.3, 0.4) is 0 Å². The van der Waals surface area contributed by atoms with Crippen LogP contribution >= 0.6 is 23.2 Å². The quantitative estimate of drug-likeness (QED) is 0.781. The number of alkyl halides is 4. The molecule has 0 spiro atoms. The number of hydrogen-bond donors (Lipinski definition) is 0. The molecule has 0 aliphatic heterocycles. The summed E-state index contributed by atoms with van der Waals surface area (Å²) in [7, 11) is 0. The SMILES string of the molecule is CC(CC(F)(F)F)n1c(CCCl)nc2cc(Cl)cnc21. The molecule has 0 aliphatic rings. The molecule has 110 valence electrons. The number of hydrogen-bond acceptors (Lipinski definition) is 2. The minimum absolute atomic E-state index is 0.274. The Morgan fingerprint density at radius 1 is 1.40 bits per heavy atom. The molecule has 0 aromatic carbocycles. The van der Waals surface area contributed by atoms with E-state index in [0.717, 1.165) is 0 Å². The molecule has 0 fully saturated rings. The van der Waals surface area contributed by atoms with Gasteiger partial charge in [0.15, 0.2) is 5.65 Å². The van der Waals surface area contributed by atoms with Gasteiger partial charge in [-0.05, 0) is 13.0 Å². The first-order chi connectivity index (χ1) is 9.31. The summed E-state index contributed by atoms with van der Waals surface area (Å²) in [6.45, 7) is 1.49. The zero-order valence-corrected chi connectivity index (χ0v) is 12.1. The predicted molar refractivity (Wildman–Crippen MR) is 72.3 cm³/mol. The lowest BCUT2D eigenvalue weighted by molar-refractivity contribution is -0.141. The molecule has 2 aromatic heterocycles. The minimum atomic E-state index is -4.25. The van der Waals surface area contributed by atoms with Gasteiger partial charge in [0, 0.05) is 24.5 Å². The predicted octanol–water partition coefficient (Wildman–Crippen LogP) is 4.38. The Kier molecular flexibility index (Phi) is 4.44. The molecule has 0 amide bonds. The number of fused-ring (bicyclic) bond motifs is 1. The number of rotatable bonds is 4. The summed E-state index contributed by atoms with van der Waals surface area (Å²) in [6.07, 6.45) is -3.43. The number of pyridine rings is 1. The highest BCUT2D eigenvalue weighted by molar-refractivity contribution is 6.31. The van der Waals surface area contributed by atoms with Crippen LogP contribution in [0.5, 0.6) is 0 Å². The second kappa shape index (κ2) is 5.77. The van der Waals surface area contributed by atoms with E-state index in [1.807, 2.05) is 0 Å². The molecule has 1 unspecified atom stereocenters. The zero-order chi connectivity index (χ0) is 14.9. The summed E-state index contributed by atoms with van der Waals surface area (Å²) in [6, 6.07) is 0.783. The van der Waals surface area contributed by atoms with Gasteiger partial charge in [0.25, 0.3) is 0 Å². The lowest BCUT2D eigenvalue weighted by atomic mass is 10.2. The largest absolute Gasteiger partial charge is 0.391 e. The third-order valence-corrected chi connectivity index (χ3v) is 3.25. The van der Waals surface area contributed by atoms with Crippen molar-refractivity contribution in [3.63, 3.8) is 0 Å². The molecule has 0 bridgehead atoms. The van der Waals surface area contributed by atoms with Crippen molar-refractivity contribution in [3.05, 3.63) is 23.1 Å². The van der Waals surface area contributed by atoms with Crippen LogP contribution in [0.25, 0.3) is 11.2 Å². The zero-order valence-electron chi connectivity index (χ0n) is 10.6. The molecular weight excluding hydrogens is 314 g/mol. The fraction of sp³-hybridized carbons (Fsp3) is 0.500. The number of nitrogens with zero attached hydrogens (tertiary/aromatic N) is 3. The molecule has 2 aromatic rings. The van der Waals surface area contributed by atoms with Crippen LogP contribution in [0.1, 0.15) is 25.2 Å². The summed E-state index contributed by atoms with van der Waals surface area (Å²) in [5.41, 5.74) is 0.873. The first kappa shape index (κ1) is 15.4. The van der Waals surface area contributed by atoms with Gasteiger partial charge in [-0.3, -0.25) is 0 Å². The van der Waals surface area contributed by atoms with E-state index in [0.29, 0.717) is 28.4 Å². The van der Waals surface area contributed by atoms with Gasteiger partial charge < -0.3 is 4.57 Å². The summed E-state index contributed by atoms with van der Waals surface area (Å²) in [5, 5.41) is 0.392. The first-order valence-electron chi connectivity index (χ1n) is 5.97. The van der Waals surface area contributed by atoms with Crippen LogP contribution in [0, 0.1) is 0 Å². The van der Waals surface area contributed by atoms with E-state index >= 15 is 0 Å². The second-order valence-corrected chi connectivity index (χ2v) is 5.32. The molecule has 0 aliphatic carbocycles. The second-order valence-electron chi connectivity index (χ2n) is 4.50. The van der Waals surface area contributed by atoms with Gasteiger partial charge >= 0.3 is 6.18 Å². The highest BCUT2D eigenvalue weighted by atomic mass is 35.5. The van der Waals surface area contributed by atoms with Gasteiger partial charge in [-0.25, -0.2) is 9.97 Å². The number of halogens is 5. The molecule has 3 nitrogen and oxygen atoms in total. The fourth-order valence-electron chi connectivity index (χ4n) is 2.15. The van der Waals surface area contributed by atoms with Crippen molar-refractivity contribution in [1.82, 2.24) is 14.5 Å². The van der Waals surface area contributed by atoms with E-state index in [-0.39, 0.29) is 5.88 Å². The van der Waals surface area contributed by atoms with Gasteiger partial charge in [-0.2, -0.15) is 13.2 Å². The maximum Gasteiger partial charge on any atom is 0.391 e. The first-order valence-corrected chi connectivity index (χ1v) is 6.88. The molecule has 0 saturated carbocycles. The van der Waals surface area contributed by atoms with E-state index in [1.54, 1.807) is 6.07 Å². The van der Waals surface area contributed by atoms with Crippen LogP contribution in [0.2, 0.25) is 5.02 Å². The highest BCUT2D eigenvalue weighted by Crippen LogP contribution is 2.31. The normalized spacial score (nSPS) is 13.9. The summed E-state index contributed by atoms with van der Waals surface area (Å²) in [4.78, 5) is 8.37. The topological polar surface area (TPSA) is 30.7 Å². The van der Waals surface area contributed by atoms with Crippen molar-refractivity contribution < 1.29 is 13.2 Å². The van der Waals surface area contributed by atoms with Crippen LogP contribution in [-0.2, 0) is 6.42 Å². The van der Waals surface area contributed by atoms with Gasteiger partial charge in [0.2, 0.25) is 0 Å². The highest BCUT2D eigenvalue weighted by Gasteiger charge is 2.32. The smallest absolute Gasteiger partial charge is 0.309 e. The summed E-state index contributed by atoms with van der Waals surface area (Å²) in [5.74, 6) is 0.761. The summed E-state index contributed by atoms with van der Waals surface area (Å²) < 4.78 is 39.2. The summed E-state index contributed by atoms with van der Waals surface area (Å²) >= 11 is 11.5. The number of aromatic nitrogens is 3. The fourth-order valence-corrected chi connectivity index (χ4v) is 2.48. The van der Waals surface area contributed by atoms with E-state index in [4.69, 9.17) is 23.2 Å². The average molecular weight is 326 g/mol. The Balaban J connectivity index is 2.50. The van der Waals surface area contributed by atoms with Crippen molar-refractivity contribution in [2.45, 2.75) is 32.0 Å². The van der Waals surface area contributed by atoms with E-state index < -0.39 is 18.6 Å². The molecule has 2 heterocycles. The van der Waals surface area contributed by atoms with Crippen molar-refractivity contribution >= 4 is 34.4 Å². The lowest BCUT2D eigenvalue weighted by Crippen LogP contribution is -2.18. The molecule has 0 saturated heterocycles. The van der Waals surface area contributed by atoms with Crippen molar-refractivity contribution in [2.75, 3.05) is 5.88 Å². The monoisotopic (exact) mass is 325 g/mol. The standard InChI is InChI=1S/C12H12Cl2F3N3/c1-7(5-12(15,16)17)20-10(2-3-13)19-9-4-8(14)6-18-11(9)20/h4,6-7H,2-3,5H2,1H3. The van der Waals surface area contributed by atoms with E-state index in [9.17, 15) is 13.2 Å². The van der Waals surface area contributed by atoms with E-state index in [1.165, 1.54) is 17.7 Å². The molecule has 0 radical (unpaired) electrons. The third kappa shape index (κ3) is 3.35. The maximum atomic E-state index is 12.6. The number of imidazole rings is 1. The molecule has 2 rings (SSSR count). The Bertz CT molecular complexity index is 610. The van der Waals surface area contributed by atoms with Gasteiger partial charge in [0.1, 0.15) is 11.3 Å². The Morgan fingerprint density at radius 3 is 2.70 bits per heavy atom. The van der Waals surface area contributed by atoms with Gasteiger partial charge in [-0.1, -0.05) is 11.6 Å². The molecule has 0 N–H and O–H groups in total. The van der Waals surface area contributed by atoms with Crippen molar-refractivity contribution in [3.8, 4) is 0 Å². The molecule has 1 atom stereocenters. The minimum Gasteiger partial charge on any atom is -0.309 e. The maximum absolute atomic E-state index is 12.6. The van der Waals surface area contributed by atoms with Crippen LogP contribution in [0.15, 0.2) is 12.3 Å². The van der Waals surface area contributed by atoms with E-state index in [2.05, 4.69) is 9.97 Å². The van der Waals surface area contributed by atoms with Crippen LogP contribution in [0.4, 0.5) is 13.2 Å². The van der Waals surface area contributed by atoms with Gasteiger partial charge in [-0.15, -0.1) is 11.6 Å². The average Bonchev–Trinajstić information content (AvgIpc) is 2.64. The van der Waals surface area contributed by atoms with Crippen molar-refractivity contribution in [1.29, 1.82) is 0 Å². The van der Waals surface area contributed by atoms with Crippen LogP contribution in [-0.4, -0.2) is 26.6 Å². The molecule has 20 heavy (non-hydrogen) atoms. The van der Waals surface area contributed by atoms with Gasteiger partial charge in [0.05, 0.1) is 11.4 Å². The van der Waals surface area contributed by atoms with Crippen LogP contribution < -0.4 is 0 Å². The lowest BCUT2D eigenvalue weighted by Gasteiger charge is -2.18. The third-order valence-electron chi connectivity index (χ3n) is 2.86. The Morgan fingerprint density at radius 2 is 2.10 bits per heavy atom. The Labute approximate surface area is 123 Å². The number of aryl methyl sites for hydroxylation is 1. The Hall–Kier alpha value is -1.01. The molecule has 8 heteroatoms. The van der Waals surface area contributed by atoms with Crippen molar-refractivity contribution in [2.24, 2.45) is 0 Å². The molecular formula is C12H12Cl2F3N3.